The summed E-state index contributed by atoms with van der Waals surface area (Å²) in [6, 6.07) is 0. The molecule has 0 amide bonds. The highest BCUT2D eigenvalue weighted by molar-refractivity contribution is 5.19. The molecular formula is C9H12. The average Bonchev–Trinajstić information content (AvgIpc) is 1.79. The molecule has 0 aromatic heterocycles. The molecule has 1 aliphatic carbocycles. The van der Waals surface area contributed by atoms with E-state index in [0.29, 0.717) is 0 Å². The van der Waals surface area contributed by atoms with E-state index in [4.69, 9.17) is 0 Å². The first-order valence-electron chi connectivity index (χ1n) is 3.38. The Morgan fingerprint density at radius 3 is 2.78 bits per heavy atom. The molecule has 48 valence electrons. The Bertz CT molecular complexity index is 159. The first-order valence-corrected chi connectivity index (χ1v) is 3.38. The highest BCUT2D eigenvalue weighted by Crippen LogP contribution is 2.03. The van der Waals surface area contributed by atoms with Crippen LogP contribution in [0.15, 0.2) is 36.0 Å². The van der Waals surface area contributed by atoms with Gasteiger partial charge in [0.15, 0.2) is 0 Å². The maximum Gasteiger partial charge on any atom is -0.0163 e. The van der Waals surface area contributed by atoms with Gasteiger partial charge in [-0.15, -0.1) is 0 Å². The minimum Gasteiger partial charge on any atom is -0.0844 e. The molecule has 1 aliphatic rings. The zero-order chi connectivity index (χ0) is 6.53. The Morgan fingerprint density at radius 1 is 1.11 bits per heavy atom. The minimum absolute atomic E-state index is 1.09. The quantitative estimate of drug-likeness (QED) is 0.431. The SMILES string of the molecule is CC1=C/C/C=C\C/C=C\1. The van der Waals surface area contributed by atoms with Gasteiger partial charge in [-0.05, 0) is 19.8 Å². The van der Waals surface area contributed by atoms with E-state index in [1.807, 2.05) is 0 Å². The monoisotopic (exact) mass is 120 g/mol. The third-order valence-corrected chi connectivity index (χ3v) is 1.40. The second kappa shape index (κ2) is 3.29. The first kappa shape index (κ1) is 6.34. The predicted molar refractivity (Wildman–Crippen MR) is 41.3 cm³/mol. The van der Waals surface area contributed by atoms with E-state index in [1.54, 1.807) is 0 Å². The van der Waals surface area contributed by atoms with E-state index in [-0.39, 0.29) is 0 Å². The number of rotatable bonds is 0. The summed E-state index contributed by atoms with van der Waals surface area (Å²) >= 11 is 0. The van der Waals surface area contributed by atoms with Gasteiger partial charge in [-0.1, -0.05) is 36.0 Å². The Labute approximate surface area is 56.6 Å². The van der Waals surface area contributed by atoms with Crippen LogP contribution in [0.1, 0.15) is 19.8 Å². The molecule has 0 saturated heterocycles. The number of hydrogen-bond acceptors (Lipinski definition) is 0. The Morgan fingerprint density at radius 2 is 1.89 bits per heavy atom. The van der Waals surface area contributed by atoms with Gasteiger partial charge in [-0.25, -0.2) is 0 Å². The zero-order valence-corrected chi connectivity index (χ0v) is 5.80. The Hall–Kier alpha value is -0.780. The lowest BCUT2D eigenvalue weighted by Crippen LogP contribution is -1.72. The molecule has 0 aliphatic heterocycles. The van der Waals surface area contributed by atoms with Gasteiger partial charge in [0.05, 0.1) is 0 Å². The molecule has 0 aromatic rings. The van der Waals surface area contributed by atoms with Crippen molar-refractivity contribution in [1.82, 2.24) is 0 Å². The number of hydrogen-bond donors (Lipinski definition) is 0. The molecule has 0 unspecified atom stereocenters. The average molecular weight is 120 g/mol. The van der Waals surface area contributed by atoms with Gasteiger partial charge in [0.25, 0.3) is 0 Å². The van der Waals surface area contributed by atoms with Gasteiger partial charge in [-0.2, -0.15) is 0 Å². The second-order valence-electron chi connectivity index (χ2n) is 2.29. The van der Waals surface area contributed by atoms with Crippen molar-refractivity contribution in [2.45, 2.75) is 19.8 Å². The van der Waals surface area contributed by atoms with Crippen molar-refractivity contribution in [3.63, 3.8) is 0 Å². The normalized spacial score (nSPS) is 31.4. The highest BCUT2D eigenvalue weighted by Gasteiger charge is 1.82. The first-order chi connectivity index (χ1) is 4.39. The van der Waals surface area contributed by atoms with Crippen LogP contribution in [0.4, 0.5) is 0 Å². The molecule has 0 N–H and O–H groups in total. The van der Waals surface area contributed by atoms with E-state index in [0.717, 1.165) is 12.8 Å². The van der Waals surface area contributed by atoms with Crippen LogP contribution in [-0.2, 0) is 0 Å². The fourth-order valence-electron chi connectivity index (χ4n) is 0.847. The highest BCUT2D eigenvalue weighted by atomic mass is 13.9. The Kier molecular flexibility index (Phi) is 2.32. The van der Waals surface area contributed by atoms with Crippen molar-refractivity contribution in [2.24, 2.45) is 0 Å². The van der Waals surface area contributed by atoms with Crippen molar-refractivity contribution < 1.29 is 0 Å². The standard InChI is InChI=1S/C9H12/c1-9-7-5-3-2-4-6-8-9/h2-3,6-8H,4-5H2,1H3/b3-2-,8-6-,9-7-. The van der Waals surface area contributed by atoms with Crippen LogP contribution in [-0.4, -0.2) is 0 Å². The summed E-state index contributed by atoms with van der Waals surface area (Å²) in [5.41, 5.74) is 1.37. The van der Waals surface area contributed by atoms with Gasteiger partial charge in [0, 0.05) is 0 Å². The molecule has 0 bridgehead atoms. The molecule has 9 heavy (non-hydrogen) atoms. The largest absolute Gasteiger partial charge is 0.0844 e. The third kappa shape index (κ3) is 2.31. The fourth-order valence-corrected chi connectivity index (χ4v) is 0.847. The van der Waals surface area contributed by atoms with Gasteiger partial charge in [0.2, 0.25) is 0 Å². The van der Waals surface area contributed by atoms with Crippen molar-refractivity contribution in [1.29, 1.82) is 0 Å². The van der Waals surface area contributed by atoms with Crippen molar-refractivity contribution in [2.75, 3.05) is 0 Å². The van der Waals surface area contributed by atoms with Crippen molar-refractivity contribution >= 4 is 0 Å². The van der Waals surface area contributed by atoms with E-state index < -0.39 is 0 Å². The summed E-state index contributed by atoms with van der Waals surface area (Å²) in [4.78, 5) is 0. The third-order valence-electron chi connectivity index (χ3n) is 1.40. The fraction of sp³-hybridized carbons (Fsp3) is 0.333. The van der Waals surface area contributed by atoms with Crippen LogP contribution < -0.4 is 0 Å². The van der Waals surface area contributed by atoms with Crippen molar-refractivity contribution in [3.8, 4) is 0 Å². The molecule has 0 nitrogen and oxygen atoms in total. The lowest BCUT2D eigenvalue weighted by atomic mass is 10.1. The van der Waals surface area contributed by atoms with Gasteiger partial charge in [-0.3, -0.25) is 0 Å². The van der Waals surface area contributed by atoms with E-state index in [9.17, 15) is 0 Å². The molecular weight excluding hydrogens is 108 g/mol. The molecule has 0 heterocycles. The summed E-state index contributed by atoms with van der Waals surface area (Å²) in [5, 5.41) is 0. The van der Waals surface area contributed by atoms with E-state index >= 15 is 0 Å². The lowest BCUT2D eigenvalue weighted by molar-refractivity contribution is 1.25. The molecule has 0 saturated carbocycles. The molecule has 0 heteroatoms. The van der Waals surface area contributed by atoms with Gasteiger partial charge in [0.1, 0.15) is 0 Å². The maximum atomic E-state index is 2.23. The summed E-state index contributed by atoms with van der Waals surface area (Å²) < 4.78 is 0. The summed E-state index contributed by atoms with van der Waals surface area (Å²) in [6.07, 6.45) is 13.2. The van der Waals surface area contributed by atoms with E-state index in [1.165, 1.54) is 5.57 Å². The molecule has 0 aromatic carbocycles. The van der Waals surface area contributed by atoms with Gasteiger partial charge >= 0.3 is 0 Å². The smallest absolute Gasteiger partial charge is 0.0163 e. The molecule has 1 rings (SSSR count). The summed E-state index contributed by atoms with van der Waals surface area (Å²) in [6.45, 7) is 2.13. The predicted octanol–water partition coefficient (Wildman–Crippen LogP) is 2.84. The van der Waals surface area contributed by atoms with Crippen LogP contribution >= 0.6 is 0 Å². The Balaban J connectivity index is 2.63. The number of allylic oxidation sites excluding steroid dienone is 6. The molecule has 0 atom stereocenters. The second-order valence-corrected chi connectivity index (χ2v) is 2.29. The van der Waals surface area contributed by atoms with Crippen LogP contribution in [0, 0.1) is 0 Å². The van der Waals surface area contributed by atoms with Crippen LogP contribution in [0.5, 0.6) is 0 Å². The van der Waals surface area contributed by atoms with Gasteiger partial charge < -0.3 is 0 Å². The maximum absolute atomic E-state index is 2.23. The summed E-state index contributed by atoms with van der Waals surface area (Å²) in [7, 11) is 0. The van der Waals surface area contributed by atoms with Crippen LogP contribution in [0.25, 0.3) is 0 Å². The zero-order valence-electron chi connectivity index (χ0n) is 5.80. The molecule has 0 spiro atoms. The summed E-state index contributed by atoms with van der Waals surface area (Å²) in [5.74, 6) is 0. The molecule has 0 radical (unpaired) electrons. The van der Waals surface area contributed by atoms with Crippen LogP contribution in [0.2, 0.25) is 0 Å². The van der Waals surface area contributed by atoms with Crippen LogP contribution in [0.3, 0.4) is 0 Å². The topological polar surface area (TPSA) is 0 Å². The van der Waals surface area contributed by atoms with Crippen molar-refractivity contribution in [3.05, 3.63) is 36.0 Å². The molecule has 0 fully saturated rings. The minimum atomic E-state index is 1.09. The lowest BCUT2D eigenvalue weighted by Gasteiger charge is -1.93. The van der Waals surface area contributed by atoms with E-state index in [2.05, 4.69) is 37.3 Å².